The van der Waals surface area contributed by atoms with Crippen LogP contribution in [-0.4, -0.2) is 17.5 Å². The van der Waals surface area contributed by atoms with Crippen LogP contribution in [0.4, 0.5) is 0 Å². The van der Waals surface area contributed by atoms with Gasteiger partial charge in [0.15, 0.2) is 12.4 Å². The largest absolute Gasteiger partial charge is 0.508 e. The van der Waals surface area contributed by atoms with Crippen molar-refractivity contribution >= 4 is 6.29 Å². The molecule has 154 valence electrons. The van der Waals surface area contributed by atoms with E-state index in [0.717, 1.165) is 31.1 Å². The van der Waals surface area contributed by atoms with Crippen LogP contribution in [0.5, 0.6) is 11.5 Å². The minimum Gasteiger partial charge on any atom is -0.508 e. The molecule has 0 saturated heterocycles. The number of aromatic hydroxyl groups is 1. The van der Waals surface area contributed by atoms with Crippen molar-refractivity contribution in [3.8, 4) is 11.5 Å². The van der Waals surface area contributed by atoms with Crippen LogP contribution in [-0.2, 0) is 10.2 Å². The highest BCUT2D eigenvalue weighted by atomic mass is 16.5. The van der Waals surface area contributed by atoms with E-state index in [1.165, 1.54) is 51.4 Å². The fourth-order valence-corrected chi connectivity index (χ4v) is 3.35. The van der Waals surface area contributed by atoms with Crippen molar-refractivity contribution < 1.29 is 14.6 Å². The number of phenolic OH excluding ortho intramolecular Hbond substituents is 1. The van der Waals surface area contributed by atoms with Gasteiger partial charge in [0.1, 0.15) is 11.5 Å². The summed E-state index contributed by atoms with van der Waals surface area (Å²) in [5, 5.41) is 10.0. The van der Waals surface area contributed by atoms with Crippen LogP contribution in [0.15, 0.2) is 18.2 Å². The smallest absolute Gasteiger partial charge is 0.160 e. The molecule has 3 heteroatoms. The average Bonchev–Trinajstić information content (AvgIpc) is 2.62. The van der Waals surface area contributed by atoms with Gasteiger partial charge in [-0.05, 0) is 36.5 Å². The standard InChI is InChI=1S/C24H40O3/c1-5-6-7-8-9-10-11-12-13-14-15-21(19-25)27-20-16-17-23(26)22(18-20)24(2,3)4/h16-19,21,26H,5-15H2,1-4H3. The van der Waals surface area contributed by atoms with Gasteiger partial charge in [-0.25, -0.2) is 0 Å². The van der Waals surface area contributed by atoms with Gasteiger partial charge in [-0.2, -0.15) is 0 Å². The van der Waals surface area contributed by atoms with Crippen LogP contribution < -0.4 is 4.74 Å². The fraction of sp³-hybridized carbons (Fsp3) is 0.708. The molecule has 0 bridgehead atoms. The molecule has 1 aromatic rings. The second-order valence-electron chi connectivity index (χ2n) is 8.69. The molecule has 1 unspecified atom stereocenters. The third-order valence-electron chi connectivity index (χ3n) is 5.06. The quantitative estimate of drug-likeness (QED) is 0.282. The fourth-order valence-electron chi connectivity index (χ4n) is 3.35. The number of carbonyl (C=O) groups is 1. The molecule has 0 aliphatic carbocycles. The molecule has 0 saturated carbocycles. The molecule has 3 nitrogen and oxygen atoms in total. The molecular formula is C24H40O3. The topological polar surface area (TPSA) is 46.5 Å². The maximum atomic E-state index is 11.4. The predicted octanol–water partition coefficient (Wildman–Crippen LogP) is 6.95. The Labute approximate surface area is 166 Å². The lowest BCUT2D eigenvalue weighted by Gasteiger charge is -2.22. The summed E-state index contributed by atoms with van der Waals surface area (Å²) in [5.74, 6) is 0.925. The molecular weight excluding hydrogens is 336 g/mol. The van der Waals surface area contributed by atoms with Crippen LogP contribution in [0.25, 0.3) is 0 Å². The zero-order chi connectivity index (χ0) is 20.1. The summed E-state index contributed by atoms with van der Waals surface area (Å²) in [5.41, 5.74) is 0.667. The van der Waals surface area contributed by atoms with Crippen molar-refractivity contribution in [1.29, 1.82) is 0 Å². The van der Waals surface area contributed by atoms with Crippen molar-refractivity contribution in [1.82, 2.24) is 0 Å². The molecule has 0 aromatic heterocycles. The minimum atomic E-state index is -0.406. The second-order valence-corrected chi connectivity index (χ2v) is 8.69. The maximum absolute atomic E-state index is 11.4. The first-order valence-corrected chi connectivity index (χ1v) is 10.8. The summed E-state index contributed by atoms with van der Waals surface area (Å²) in [4.78, 5) is 11.4. The lowest BCUT2D eigenvalue weighted by atomic mass is 9.86. The summed E-state index contributed by atoms with van der Waals surface area (Å²) in [7, 11) is 0. The van der Waals surface area contributed by atoms with Crippen molar-refractivity contribution in [3.05, 3.63) is 23.8 Å². The van der Waals surface area contributed by atoms with Crippen molar-refractivity contribution in [3.63, 3.8) is 0 Å². The number of hydrogen-bond donors (Lipinski definition) is 1. The van der Waals surface area contributed by atoms with Gasteiger partial charge in [-0.1, -0.05) is 85.5 Å². The number of ether oxygens (including phenoxy) is 1. The Morgan fingerprint density at radius 1 is 0.963 bits per heavy atom. The van der Waals surface area contributed by atoms with Gasteiger partial charge >= 0.3 is 0 Å². The normalized spacial score (nSPS) is 12.7. The first kappa shape index (κ1) is 23.5. The first-order valence-electron chi connectivity index (χ1n) is 10.8. The molecule has 1 atom stereocenters. The summed E-state index contributed by atoms with van der Waals surface area (Å²) in [6.45, 7) is 8.40. The molecule has 27 heavy (non-hydrogen) atoms. The lowest BCUT2D eigenvalue weighted by Crippen LogP contribution is -2.19. The molecule has 0 fully saturated rings. The van der Waals surface area contributed by atoms with Crippen LogP contribution in [0.2, 0.25) is 0 Å². The van der Waals surface area contributed by atoms with Gasteiger partial charge in [0.05, 0.1) is 0 Å². The van der Waals surface area contributed by atoms with E-state index in [9.17, 15) is 9.90 Å². The molecule has 1 aromatic carbocycles. The summed E-state index contributed by atoms with van der Waals surface area (Å²) in [6.07, 6.45) is 14.1. The number of rotatable bonds is 14. The van der Waals surface area contributed by atoms with E-state index in [0.29, 0.717) is 5.75 Å². The third-order valence-corrected chi connectivity index (χ3v) is 5.06. The van der Waals surface area contributed by atoms with Crippen LogP contribution in [0.3, 0.4) is 0 Å². The van der Waals surface area contributed by atoms with Gasteiger partial charge in [0.2, 0.25) is 0 Å². The number of phenols is 1. The minimum absolute atomic E-state index is 0.170. The number of benzene rings is 1. The Balaban J connectivity index is 2.28. The molecule has 0 spiro atoms. The number of hydrogen-bond acceptors (Lipinski definition) is 3. The van der Waals surface area contributed by atoms with Crippen LogP contribution in [0.1, 0.15) is 104 Å². The zero-order valence-corrected chi connectivity index (χ0v) is 17.9. The summed E-state index contributed by atoms with van der Waals surface area (Å²) >= 11 is 0. The van der Waals surface area contributed by atoms with Gasteiger partial charge in [0.25, 0.3) is 0 Å². The Bertz CT molecular complexity index is 531. The maximum Gasteiger partial charge on any atom is 0.160 e. The molecule has 1 N–H and O–H groups in total. The Morgan fingerprint density at radius 3 is 2.04 bits per heavy atom. The molecule has 0 radical (unpaired) electrons. The zero-order valence-electron chi connectivity index (χ0n) is 17.9. The molecule has 0 amide bonds. The van der Waals surface area contributed by atoms with E-state index < -0.39 is 6.10 Å². The van der Waals surface area contributed by atoms with E-state index in [2.05, 4.69) is 6.92 Å². The molecule has 0 aliphatic rings. The SMILES string of the molecule is CCCCCCCCCCCCC(C=O)Oc1ccc(O)c(C(C)(C)C)c1. The highest BCUT2D eigenvalue weighted by Gasteiger charge is 2.19. The predicted molar refractivity (Wildman–Crippen MR) is 114 cm³/mol. The van der Waals surface area contributed by atoms with E-state index >= 15 is 0 Å². The third kappa shape index (κ3) is 9.83. The molecule has 1 rings (SSSR count). The highest BCUT2D eigenvalue weighted by molar-refractivity contribution is 5.57. The lowest BCUT2D eigenvalue weighted by molar-refractivity contribution is -0.114. The number of aldehydes is 1. The summed E-state index contributed by atoms with van der Waals surface area (Å²) < 4.78 is 5.86. The Kier molecular flexibility index (Phi) is 11.2. The van der Waals surface area contributed by atoms with E-state index in [-0.39, 0.29) is 11.2 Å². The van der Waals surface area contributed by atoms with Gasteiger partial charge in [-0.3, -0.25) is 4.79 Å². The highest BCUT2D eigenvalue weighted by Crippen LogP contribution is 2.33. The van der Waals surface area contributed by atoms with Crippen molar-refractivity contribution in [2.75, 3.05) is 0 Å². The first-order chi connectivity index (χ1) is 12.9. The van der Waals surface area contributed by atoms with Crippen LogP contribution in [0, 0.1) is 0 Å². The molecule has 0 heterocycles. The van der Waals surface area contributed by atoms with Gasteiger partial charge in [-0.15, -0.1) is 0 Å². The van der Waals surface area contributed by atoms with E-state index in [4.69, 9.17) is 4.74 Å². The van der Waals surface area contributed by atoms with Crippen molar-refractivity contribution in [2.24, 2.45) is 0 Å². The molecule has 0 aliphatic heterocycles. The second kappa shape index (κ2) is 12.8. The number of unbranched alkanes of at least 4 members (excludes halogenated alkanes) is 9. The monoisotopic (exact) mass is 376 g/mol. The Hall–Kier alpha value is -1.51. The average molecular weight is 377 g/mol. The van der Waals surface area contributed by atoms with Crippen molar-refractivity contribution in [2.45, 2.75) is 110 Å². The van der Waals surface area contributed by atoms with Gasteiger partial charge < -0.3 is 9.84 Å². The number of carbonyl (C=O) groups excluding carboxylic acids is 1. The van der Waals surface area contributed by atoms with Gasteiger partial charge in [0, 0.05) is 5.56 Å². The van der Waals surface area contributed by atoms with Crippen LogP contribution >= 0.6 is 0 Å². The van der Waals surface area contributed by atoms with E-state index in [1.54, 1.807) is 12.1 Å². The summed E-state index contributed by atoms with van der Waals surface area (Å²) in [6, 6.07) is 5.24. The Morgan fingerprint density at radius 2 is 1.52 bits per heavy atom. The van der Waals surface area contributed by atoms with E-state index in [1.807, 2.05) is 26.8 Å².